The Balaban J connectivity index is 1.42. The van der Waals surface area contributed by atoms with Crippen LogP contribution in [-0.2, 0) is 20.0 Å². The number of nitrogens with one attached hydrogen (secondary N) is 1. The van der Waals surface area contributed by atoms with Crippen LogP contribution in [0, 0.1) is 0 Å². The number of aromatic nitrogens is 1. The van der Waals surface area contributed by atoms with E-state index < -0.39 is 5.91 Å². The number of furan rings is 1. The highest BCUT2D eigenvalue weighted by Crippen LogP contribution is 2.37. The van der Waals surface area contributed by atoms with Crippen LogP contribution in [0.15, 0.2) is 40.8 Å². The molecule has 1 aliphatic rings. The van der Waals surface area contributed by atoms with Gasteiger partial charge in [-0.3, -0.25) is 14.8 Å². The largest absolute Gasteiger partial charge is 0.496 e. The van der Waals surface area contributed by atoms with Gasteiger partial charge in [-0.2, -0.15) is 0 Å². The van der Waals surface area contributed by atoms with Crippen LogP contribution in [0.25, 0.3) is 22.4 Å². The van der Waals surface area contributed by atoms with Crippen LogP contribution in [0.4, 0.5) is 0 Å². The van der Waals surface area contributed by atoms with E-state index >= 15 is 0 Å². The number of methoxy groups -OCH3 is 1. The van der Waals surface area contributed by atoms with Gasteiger partial charge in [0.15, 0.2) is 5.58 Å². The fourth-order valence-corrected chi connectivity index (χ4v) is 5.42. The number of hydroxylamine groups is 1. The molecule has 0 aliphatic carbocycles. The van der Waals surface area contributed by atoms with Crippen LogP contribution >= 0.6 is 22.9 Å². The number of carbonyl (C=O) groups excluding carboxylic acids is 2. The van der Waals surface area contributed by atoms with Gasteiger partial charge in [0.2, 0.25) is 0 Å². The molecule has 0 unspecified atom stereocenters. The molecule has 0 saturated heterocycles. The molecule has 4 heterocycles. The standard InChI is InChI=1S/C23H20ClN3O5S/c1-26-15-9-18(14-4-3-13(24)8-17(14)31-2)32-19(15)10-16(26)23(29)27-6-5-12-7-20(22(28)25-30)33-21(12)11-27/h3-4,7-10,30H,5-6,11H2,1-2H3,(H,25,28). The van der Waals surface area contributed by atoms with Gasteiger partial charge in [0.1, 0.15) is 17.2 Å². The number of hydrogen-bond donors (Lipinski definition) is 2. The molecule has 0 atom stereocenters. The van der Waals surface area contributed by atoms with Crippen LogP contribution < -0.4 is 10.2 Å². The summed E-state index contributed by atoms with van der Waals surface area (Å²) in [5.74, 6) is 0.580. The normalized spacial score (nSPS) is 13.3. The molecule has 33 heavy (non-hydrogen) atoms. The summed E-state index contributed by atoms with van der Waals surface area (Å²) in [5.41, 5.74) is 5.38. The van der Waals surface area contributed by atoms with E-state index in [1.54, 1.807) is 41.8 Å². The average molecular weight is 486 g/mol. The third-order valence-electron chi connectivity index (χ3n) is 5.87. The molecule has 0 bridgehead atoms. The van der Waals surface area contributed by atoms with Crippen molar-refractivity contribution in [1.29, 1.82) is 0 Å². The summed E-state index contributed by atoms with van der Waals surface area (Å²) in [7, 11) is 3.41. The zero-order chi connectivity index (χ0) is 23.3. The molecule has 1 aliphatic heterocycles. The molecule has 2 N–H and O–H groups in total. The number of fused-ring (bicyclic) bond motifs is 2. The van der Waals surface area contributed by atoms with Crippen LogP contribution in [-0.4, -0.2) is 40.1 Å². The lowest BCUT2D eigenvalue weighted by Gasteiger charge is -2.27. The number of benzene rings is 1. The monoisotopic (exact) mass is 485 g/mol. The van der Waals surface area contributed by atoms with Gasteiger partial charge in [-0.1, -0.05) is 11.6 Å². The first-order valence-electron chi connectivity index (χ1n) is 10.2. The molecule has 4 aromatic rings. The molecule has 8 nitrogen and oxygen atoms in total. The summed E-state index contributed by atoms with van der Waals surface area (Å²) in [6, 6.07) is 10.7. The van der Waals surface area contributed by atoms with Crippen molar-refractivity contribution in [3.05, 3.63) is 62.4 Å². The van der Waals surface area contributed by atoms with Gasteiger partial charge in [-0.25, -0.2) is 5.48 Å². The van der Waals surface area contributed by atoms with Crippen molar-refractivity contribution in [2.45, 2.75) is 13.0 Å². The van der Waals surface area contributed by atoms with Gasteiger partial charge < -0.3 is 18.6 Å². The van der Waals surface area contributed by atoms with Crippen molar-refractivity contribution in [2.75, 3.05) is 13.7 Å². The van der Waals surface area contributed by atoms with Gasteiger partial charge >= 0.3 is 0 Å². The molecule has 10 heteroatoms. The lowest BCUT2D eigenvalue weighted by Crippen LogP contribution is -2.36. The highest BCUT2D eigenvalue weighted by Gasteiger charge is 2.28. The lowest BCUT2D eigenvalue weighted by molar-refractivity contribution is 0.0708. The molecule has 0 saturated carbocycles. The molecule has 0 radical (unpaired) electrons. The maximum Gasteiger partial charge on any atom is 0.284 e. The second kappa shape index (κ2) is 8.26. The van der Waals surface area contributed by atoms with Crippen molar-refractivity contribution >= 4 is 45.9 Å². The Morgan fingerprint density at radius 1 is 1.24 bits per heavy atom. The Morgan fingerprint density at radius 2 is 2.06 bits per heavy atom. The van der Waals surface area contributed by atoms with Crippen LogP contribution in [0.1, 0.15) is 30.6 Å². The van der Waals surface area contributed by atoms with E-state index in [0.29, 0.717) is 52.2 Å². The molecule has 5 rings (SSSR count). The molecule has 0 fully saturated rings. The average Bonchev–Trinajstić information content (AvgIpc) is 3.51. The minimum absolute atomic E-state index is 0.110. The van der Waals surface area contributed by atoms with E-state index in [1.807, 2.05) is 23.7 Å². The Bertz CT molecular complexity index is 1400. The van der Waals surface area contributed by atoms with E-state index in [2.05, 4.69) is 0 Å². The summed E-state index contributed by atoms with van der Waals surface area (Å²) < 4.78 is 13.3. The zero-order valence-corrected chi connectivity index (χ0v) is 19.4. The second-order valence-electron chi connectivity index (χ2n) is 7.77. The second-order valence-corrected chi connectivity index (χ2v) is 9.34. The fraction of sp³-hybridized carbons (Fsp3) is 0.217. The van der Waals surface area contributed by atoms with E-state index in [0.717, 1.165) is 21.5 Å². The van der Waals surface area contributed by atoms with E-state index in [-0.39, 0.29) is 5.91 Å². The number of nitrogens with zero attached hydrogens (tertiary/aromatic N) is 2. The number of hydrogen-bond acceptors (Lipinski definition) is 6. The minimum Gasteiger partial charge on any atom is -0.496 e. The Labute approximate surface area is 197 Å². The SMILES string of the molecule is COc1cc(Cl)ccc1-c1cc2c(cc(C(=O)N3CCc4cc(C(=O)NO)sc4C3)n2C)o1. The van der Waals surface area contributed by atoms with Crippen LogP contribution in [0.3, 0.4) is 0 Å². The molecule has 2 amide bonds. The summed E-state index contributed by atoms with van der Waals surface area (Å²) in [5, 5.41) is 9.44. The predicted octanol–water partition coefficient (Wildman–Crippen LogP) is 4.48. The minimum atomic E-state index is -0.539. The maximum absolute atomic E-state index is 13.3. The highest BCUT2D eigenvalue weighted by molar-refractivity contribution is 7.14. The predicted molar refractivity (Wildman–Crippen MR) is 124 cm³/mol. The summed E-state index contributed by atoms with van der Waals surface area (Å²) in [6.07, 6.45) is 0.650. The van der Waals surface area contributed by atoms with Gasteiger partial charge in [0, 0.05) is 35.6 Å². The first-order chi connectivity index (χ1) is 15.9. The Morgan fingerprint density at radius 3 is 2.79 bits per heavy atom. The Hall–Kier alpha value is -3.27. The first kappa shape index (κ1) is 21.6. The molecular weight excluding hydrogens is 466 g/mol. The third kappa shape index (κ3) is 3.68. The molecule has 170 valence electrons. The van der Waals surface area contributed by atoms with E-state index in [4.69, 9.17) is 26.0 Å². The topological polar surface area (TPSA) is 96.9 Å². The molecule has 3 aromatic heterocycles. The van der Waals surface area contributed by atoms with Crippen molar-refractivity contribution in [3.63, 3.8) is 0 Å². The van der Waals surface area contributed by atoms with Gasteiger partial charge in [0.05, 0.1) is 29.6 Å². The Kier molecular flexibility index (Phi) is 5.40. The van der Waals surface area contributed by atoms with Gasteiger partial charge in [-0.15, -0.1) is 11.3 Å². The third-order valence-corrected chi connectivity index (χ3v) is 7.27. The van der Waals surface area contributed by atoms with Gasteiger partial charge in [-0.05, 0) is 36.2 Å². The van der Waals surface area contributed by atoms with Crippen molar-refractivity contribution in [3.8, 4) is 17.1 Å². The fourth-order valence-electron chi connectivity index (χ4n) is 4.14. The summed E-state index contributed by atoms with van der Waals surface area (Å²) in [6.45, 7) is 0.958. The molecular formula is C23H20ClN3O5S. The quantitative estimate of drug-likeness (QED) is 0.328. The maximum atomic E-state index is 13.3. The smallest absolute Gasteiger partial charge is 0.284 e. The lowest BCUT2D eigenvalue weighted by atomic mass is 10.1. The van der Waals surface area contributed by atoms with E-state index in [1.165, 1.54) is 11.3 Å². The number of halogens is 1. The zero-order valence-electron chi connectivity index (χ0n) is 17.8. The van der Waals surface area contributed by atoms with Crippen molar-refractivity contribution < 1.29 is 24.0 Å². The number of amides is 2. The van der Waals surface area contributed by atoms with Crippen LogP contribution in [0.2, 0.25) is 5.02 Å². The van der Waals surface area contributed by atoms with Crippen LogP contribution in [0.5, 0.6) is 5.75 Å². The number of thiophene rings is 1. The van der Waals surface area contributed by atoms with Crippen molar-refractivity contribution in [2.24, 2.45) is 7.05 Å². The van der Waals surface area contributed by atoms with Gasteiger partial charge in [0.25, 0.3) is 11.8 Å². The van der Waals surface area contributed by atoms with Crippen molar-refractivity contribution in [1.82, 2.24) is 14.9 Å². The first-order valence-corrected chi connectivity index (χ1v) is 11.4. The summed E-state index contributed by atoms with van der Waals surface area (Å²) in [4.78, 5) is 28.1. The molecule has 1 aromatic carbocycles. The highest BCUT2D eigenvalue weighted by atomic mass is 35.5. The number of carbonyl (C=O) groups is 2. The number of aryl methyl sites for hydroxylation is 1. The van der Waals surface area contributed by atoms with E-state index in [9.17, 15) is 9.59 Å². The summed E-state index contributed by atoms with van der Waals surface area (Å²) >= 11 is 7.35. The number of ether oxygens (including phenoxy) is 1. The molecule has 0 spiro atoms. The number of rotatable bonds is 4.